The molecule has 6 heteroatoms. The molecule has 96 valence electrons. The zero-order valence-corrected chi connectivity index (χ0v) is 10.5. The third kappa shape index (κ3) is 5.12. The molecule has 3 N–H and O–H groups in total. The molecule has 1 aliphatic rings. The molecule has 1 fully saturated rings. The number of rotatable bonds is 6. The molecule has 0 radical (unpaired) electrons. The lowest BCUT2D eigenvalue weighted by molar-refractivity contribution is -0.139. The maximum atomic E-state index is 11.5. The smallest absolute Gasteiger partial charge is 0.326 e. The summed E-state index contributed by atoms with van der Waals surface area (Å²) in [5.41, 5.74) is 0. The van der Waals surface area contributed by atoms with Crippen molar-refractivity contribution in [3.63, 3.8) is 0 Å². The highest BCUT2D eigenvalue weighted by atomic mass is 32.2. The lowest BCUT2D eigenvalue weighted by Crippen LogP contribution is -2.46. The van der Waals surface area contributed by atoms with Gasteiger partial charge < -0.3 is 15.7 Å². The summed E-state index contributed by atoms with van der Waals surface area (Å²) in [7, 11) is 0. The predicted octanol–water partition coefficient (Wildman–Crippen LogP) is 1.07. The van der Waals surface area contributed by atoms with E-state index in [9.17, 15) is 9.59 Å². The molecule has 2 atom stereocenters. The maximum absolute atomic E-state index is 11.5. The van der Waals surface area contributed by atoms with Crippen LogP contribution >= 0.6 is 11.8 Å². The van der Waals surface area contributed by atoms with Crippen LogP contribution in [0, 0.1) is 5.92 Å². The molecule has 1 rings (SSSR count). The van der Waals surface area contributed by atoms with Crippen LogP contribution in [0.2, 0.25) is 0 Å². The number of carbonyl (C=O) groups excluding carboxylic acids is 1. The lowest BCUT2D eigenvalue weighted by Gasteiger charge is -2.15. The van der Waals surface area contributed by atoms with E-state index in [0.29, 0.717) is 12.5 Å². The SMILES string of the molecule is C=CCC(NC(=O)NCC1CCSC1)C(=O)O. The molecule has 1 heterocycles. The van der Waals surface area contributed by atoms with Crippen molar-refractivity contribution in [2.45, 2.75) is 18.9 Å². The van der Waals surface area contributed by atoms with E-state index >= 15 is 0 Å². The van der Waals surface area contributed by atoms with Crippen molar-refractivity contribution in [1.29, 1.82) is 0 Å². The molecule has 17 heavy (non-hydrogen) atoms. The van der Waals surface area contributed by atoms with Crippen LogP contribution in [0.1, 0.15) is 12.8 Å². The Bertz CT molecular complexity index is 290. The fraction of sp³-hybridized carbons (Fsp3) is 0.636. The number of amides is 2. The number of carboxylic acids is 1. The van der Waals surface area contributed by atoms with Gasteiger partial charge in [-0.25, -0.2) is 9.59 Å². The number of carbonyl (C=O) groups is 2. The molecule has 1 aliphatic heterocycles. The molecular formula is C11H18N2O3S. The summed E-state index contributed by atoms with van der Waals surface area (Å²) in [5, 5.41) is 14.0. The molecule has 2 unspecified atom stereocenters. The largest absolute Gasteiger partial charge is 0.480 e. The molecule has 0 saturated carbocycles. The zero-order valence-electron chi connectivity index (χ0n) is 9.65. The van der Waals surface area contributed by atoms with Gasteiger partial charge >= 0.3 is 12.0 Å². The van der Waals surface area contributed by atoms with Crippen molar-refractivity contribution < 1.29 is 14.7 Å². The normalized spacial score (nSPS) is 20.6. The maximum Gasteiger partial charge on any atom is 0.326 e. The van der Waals surface area contributed by atoms with Crippen LogP contribution in [-0.2, 0) is 4.79 Å². The first-order valence-electron chi connectivity index (χ1n) is 5.59. The minimum absolute atomic E-state index is 0.224. The van der Waals surface area contributed by atoms with Crippen molar-refractivity contribution >= 4 is 23.8 Å². The predicted molar refractivity (Wildman–Crippen MR) is 68.2 cm³/mol. The number of hydrogen-bond donors (Lipinski definition) is 3. The minimum Gasteiger partial charge on any atom is -0.480 e. The summed E-state index contributed by atoms with van der Waals surface area (Å²) < 4.78 is 0. The summed E-state index contributed by atoms with van der Waals surface area (Å²) in [6, 6.07) is -1.32. The van der Waals surface area contributed by atoms with Crippen LogP contribution in [0.5, 0.6) is 0 Å². The van der Waals surface area contributed by atoms with E-state index in [0.717, 1.165) is 17.9 Å². The van der Waals surface area contributed by atoms with Crippen LogP contribution in [-0.4, -0.2) is 41.2 Å². The monoisotopic (exact) mass is 258 g/mol. The standard InChI is InChI=1S/C11H18N2O3S/c1-2-3-9(10(14)15)13-11(16)12-6-8-4-5-17-7-8/h2,8-9H,1,3-7H2,(H,14,15)(H2,12,13,16). The average Bonchev–Trinajstić information content (AvgIpc) is 2.78. The molecule has 1 saturated heterocycles. The fourth-order valence-electron chi connectivity index (χ4n) is 1.58. The van der Waals surface area contributed by atoms with Crippen LogP contribution in [0.4, 0.5) is 4.79 Å². The molecule has 2 amide bonds. The number of hydrogen-bond acceptors (Lipinski definition) is 3. The highest BCUT2D eigenvalue weighted by molar-refractivity contribution is 7.99. The molecule has 0 aliphatic carbocycles. The number of nitrogens with one attached hydrogen (secondary N) is 2. The summed E-state index contributed by atoms with van der Waals surface area (Å²) in [5.74, 6) is 1.67. The van der Waals surface area contributed by atoms with Gasteiger partial charge in [-0.15, -0.1) is 6.58 Å². The molecule has 0 aromatic rings. The fourth-order valence-corrected chi connectivity index (χ4v) is 2.86. The first-order chi connectivity index (χ1) is 8.13. The second-order valence-corrected chi connectivity index (χ2v) is 5.15. The van der Waals surface area contributed by atoms with Crippen LogP contribution in [0.3, 0.4) is 0 Å². The van der Waals surface area contributed by atoms with Gasteiger partial charge in [0, 0.05) is 6.54 Å². The molecule has 0 aromatic heterocycles. The summed E-state index contributed by atoms with van der Waals surface area (Å²) >= 11 is 1.88. The van der Waals surface area contributed by atoms with Gasteiger partial charge in [0.2, 0.25) is 0 Å². The molecule has 0 aromatic carbocycles. The number of aliphatic carboxylic acids is 1. The summed E-state index contributed by atoms with van der Waals surface area (Å²) in [4.78, 5) is 22.3. The minimum atomic E-state index is -1.04. The Morgan fingerprint density at radius 2 is 2.35 bits per heavy atom. The first-order valence-corrected chi connectivity index (χ1v) is 6.74. The Morgan fingerprint density at radius 1 is 1.59 bits per heavy atom. The number of carboxylic acid groups (broad SMARTS) is 1. The second kappa shape index (κ2) is 7.21. The van der Waals surface area contributed by atoms with Gasteiger partial charge in [-0.05, 0) is 30.3 Å². The highest BCUT2D eigenvalue weighted by Gasteiger charge is 2.20. The van der Waals surface area contributed by atoms with Crippen LogP contribution in [0.15, 0.2) is 12.7 Å². The Labute approximate surface area is 105 Å². The molecule has 5 nitrogen and oxygen atoms in total. The summed E-state index contributed by atoms with van der Waals surface area (Å²) in [6.07, 6.45) is 2.81. The van der Waals surface area contributed by atoms with E-state index in [-0.39, 0.29) is 6.42 Å². The van der Waals surface area contributed by atoms with Crippen molar-refractivity contribution in [3.05, 3.63) is 12.7 Å². The van der Waals surface area contributed by atoms with E-state index in [2.05, 4.69) is 17.2 Å². The lowest BCUT2D eigenvalue weighted by atomic mass is 10.1. The van der Waals surface area contributed by atoms with Crippen molar-refractivity contribution in [3.8, 4) is 0 Å². The van der Waals surface area contributed by atoms with Gasteiger partial charge in [0.25, 0.3) is 0 Å². The number of thioether (sulfide) groups is 1. The number of urea groups is 1. The van der Waals surface area contributed by atoms with Gasteiger partial charge in [0.15, 0.2) is 0 Å². The Hall–Kier alpha value is -1.17. The molecule has 0 spiro atoms. The van der Waals surface area contributed by atoms with Crippen molar-refractivity contribution in [2.24, 2.45) is 5.92 Å². The van der Waals surface area contributed by atoms with Gasteiger partial charge in [0.05, 0.1) is 0 Å². The second-order valence-electron chi connectivity index (χ2n) is 4.00. The van der Waals surface area contributed by atoms with Gasteiger partial charge in [-0.3, -0.25) is 0 Å². The Kier molecular flexibility index (Phi) is 5.90. The third-order valence-corrected chi connectivity index (χ3v) is 3.81. The Morgan fingerprint density at radius 3 is 2.88 bits per heavy atom. The molecular weight excluding hydrogens is 240 g/mol. The van der Waals surface area contributed by atoms with Crippen LogP contribution in [0.25, 0.3) is 0 Å². The summed E-state index contributed by atoms with van der Waals surface area (Å²) in [6.45, 7) is 4.07. The zero-order chi connectivity index (χ0) is 12.7. The van der Waals surface area contributed by atoms with E-state index in [1.54, 1.807) is 0 Å². The van der Waals surface area contributed by atoms with Gasteiger partial charge in [-0.1, -0.05) is 6.08 Å². The van der Waals surface area contributed by atoms with E-state index in [4.69, 9.17) is 5.11 Å². The third-order valence-electron chi connectivity index (χ3n) is 2.58. The van der Waals surface area contributed by atoms with Gasteiger partial charge in [-0.2, -0.15) is 11.8 Å². The molecule has 0 bridgehead atoms. The topological polar surface area (TPSA) is 78.4 Å². The average molecular weight is 258 g/mol. The van der Waals surface area contributed by atoms with E-state index in [1.165, 1.54) is 6.08 Å². The van der Waals surface area contributed by atoms with Crippen molar-refractivity contribution in [2.75, 3.05) is 18.1 Å². The quantitative estimate of drug-likeness (QED) is 0.623. The van der Waals surface area contributed by atoms with E-state index in [1.807, 2.05) is 11.8 Å². The highest BCUT2D eigenvalue weighted by Crippen LogP contribution is 2.22. The Balaban J connectivity index is 2.26. The van der Waals surface area contributed by atoms with Crippen molar-refractivity contribution in [1.82, 2.24) is 10.6 Å². The first kappa shape index (κ1) is 13.9. The van der Waals surface area contributed by atoms with Gasteiger partial charge in [0.1, 0.15) is 6.04 Å². The van der Waals surface area contributed by atoms with E-state index < -0.39 is 18.0 Å². The van der Waals surface area contributed by atoms with Crippen LogP contribution < -0.4 is 10.6 Å².